The van der Waals surface area contributed by atoms with Gasteiger partial charge in [-0.3, -0.25) is 0 Å². The Hall–Kier alpha value is 0.686. The van der Waals surface area contributed by atoms with E-state index in [0.717, 1.165) is 8.79 Å². The third-order valence-corrected chi connectivity index (χ3v) is 9.75. The van der Waals surface area contributed by atoms with Crippen LogP contribution in [0, 0.1) is 0 Å². The molecule has 0 aliphatic rings. The van der Waals surface area contributed by atoms with Crippen molar-refractivity contribution in [1.29, 1.82) is 0 Å². The van der Waals surface area contributed by atoms with Crippen molar-refractivity contribution in [2.45, 2.75) is 0 Å². The number of halogens is 4. The van der Waals surface area contributed by atoms with Gasteiger partial charge < -0.3 is 0 Å². The molecule has 94 valence electrons. The Bertz CT molecular complexity index is 391. The van der Waals surface area contributed by atoms with E-state index >= 15 is 0 Å². The maximum atomic E-state index is 5.74. The van der Waals surface area contributed by atoms with Crippen molar-refractivity contribution in [1.82, 2.24) is 0 Å². The zero-order valence-electron chi connectivity index (χ0n) is 9.29. The van der Waals surface area contributed by atoms with E-state index in [0.29, 0.717) is 0 Å². The molecular formula is C12H10Cl4Ge2. The van der Waals surface area contributed by atoms with Gasteiger partial charge in [0.1, 0.15) is 0 Å². The van der Waals surface area contributed by atoms with Crippen molar-refractivity contribution in [3.63, 3.8) is 0 Å². The summed E-state index contributed by atoms with van der Waals surface area (Å²) < 4.78 is 2.22. The Morgan fingerprint density at radius 1 is 0.500 bits per heavy atom. The van der Waals surface area contributed by atoms with Crippen LogP contribution in [-0.2, 0) is 0 Å². The van der Waals surface area contributed by atoms with Crippen LogP contribution in [0.4, 0.5) is 0 Å². The second-order valence-electron chi connectivity index (χ2n) is 3.25. The molecule has 18 heavy (non-hydrogen) atoms. The summed E-state index contributed by atoms with van der Waals surface area (Å²) in [5, 5.41) is 0. The van der Waals surface area contributed by atoms with Crippen LogP contribution < -0.4 is 8.79 Å². The molecule has 0 unspecified atom stereocenters. The molecule has 0 spiro atoms. The van der Waals surface area contributed by atoms with Crippen LogP contribution in [0.3, 0.4) is 0 Å². The minimum atomic E-state index is -1.82. The first kappa shape index (κ1) is 16.7. The number of benzene rings is 2. The van der Waals surface area contributed by atoms with E-state index in [4.69, 9.17) is 40.0 Å². The standard InChI is InChI=1S/2C6H5Cl2Ge/c2*7-9(8)6-4-2-1-3-5-6/h2*1-5H. The Labute approximate surface area is 133 Å². The zero-order chi connectivity index (χ0) is 13.4. The molecule has 0 aromatic heterocycles. The first-order chi connectivity index (χ1) is 8.61. The Morgan fingerprint density at radius 3 is 0.944 bits per heavy atom. The summed E-state index contributed by atoms with van der Waals surface area (Å²) in [7, 11) is 22.9. The summed E-state index contributed by atoms with van der Waals surface area (Å²) in [6.45, 7) is 0. The van der Waals surface area contributed by atoms with E-state index in [9.17, 15) is 0 Å². The van der Waals surface area contributed by atoms with Gasteiger partial charge in [0.05, 0.1) is 0 Å². The van der Waals surface area contributed by atoms with Crippen LogP contribution in [-0.4, -0.2) is 25.0 Å². The van der Waals surface area contributed by atoms with Crippen LogP contribution in [0.2, 0.25) is 0 Å². The molecule has 0 atom stereocenters. The molecule has 0 amide bonds. The monoisotopic (exact) mass is 442 g/mol. The molecule has 0 nitrogen and oxygen atoms in total. The molecule has 2 radical (unpaired) electrons. The van der Waals surface area contributed by atoms with Gasteiger partial charge in [-0.05, 0) is 0 Å². The third kappa shape index (κ3) is 6.74. The van der Waals surface area contributed by atoms with Gasteiger partial charge in [0.25, 0.3) is 0 Å². The molecule has 0 fully saturated rings. The Balaban J connectivity index is 0.000000180. The second-order valence-corrected chi connectivity index (χ2v) is 17.7. The van der Waals surface area contributed by atoms with Gasteiger partial charge in [-0.2, -0.15) is 0 Å². The zero-order valence-corrected chi connectivity index (χ0v) is 16.5. The van der Waals surface area contributed by atoms with Gasteiger partial charge in [0.2, 0.25) is 0 Å². The molecule has 0 bridgehead atoms. The van der Waals surface area contributed by atoms with Crippen molar-refractivity contribution in [3.05, 3.63) is 60.7 Å². The van der Waals surface area contributed by atoms with Crippen LogP contribution >= 0.6 is 40.0 Å². The molecule has 2 aromatic rings. The summed E-state index contributed by atoms with van der Waals surface area (Å²) in [4.78, 5) is 0. The minimum absolute atomic E-state index is 1.11. The summed E-state index contributed by atoms with van der Waals surface area (Å²) in [5.41, 5.74) is 0. The van der Waals surface area contributed by atoms with E-state index in [2.05, 4.69) is 0 Å². The average Bonchev–Trinajstić information content (AvgIpc) is 2.41. The van der Waals surface area contributed by atoms with E-state index in [-0.39, 0.29) is 0 Å². The van der Waals surface area contributed by atoms with Gasteiger partial charge in [0, 0.05) is 0 Å². The van der Waals surface area contributed by atoms with Crippen LogP contribution in [0.25, 0.3) is 0 Å². The molecule has 0 aliphatic carbocycles. The van der Waals surface area contributed by atoms with Crippen molar-refractivity contribution in [3.8, 4) is 0 Å². The van der Waals surface area contributed by atoms with Crippen LogP contribution in [0.5, 0.6) is 0 Å². The summed E-state index contributed by atoms with van der Waals surface area (Å²) >= 11 is -3.64. The van der Waals surface area contributed by atoms with E-state index in [1.807, 2.05) is 60.7 Å². The average molecular weight is 441 g/mol. The summed E-state index contributed by atoms with van der Waals surface area (Å²) in [5.74, 6) is 0. The molecule has 0 aliphatic heterocycles. The Kier molecular flexibility index (Phi) is 8.90. The van der Waals surface area contributed by atoms with Gasteiger partial charge in [-0.25, -0.2) is 0 Å². The van der Waals surface area contributed by atoms with Gasteiger partial charge >= 0.3 is 134 Å². The molecular weight excluding hydrogens is 431 g/mol. The van der Waals surface area contributed by atoms with Crippen LogP contribution in [0.15, 0.2) is 60.7 Å². The van der Waals surface area contributed by atoms with E-state index in [1.165, 1.54) is 0 Å². The van der Waals surface area contributed by atoms with Gasteiger partial charge in [-0.15, -0.1) is 0 Å². The van der Waals surface area contributed by atoms with E-state index in [1.54, 1.807) is 0 Å². The fourth-order valence-corrected chi connectivity index (χ4v) is 5.61. The first-order valence-electron chi connectivity index (χ1n) is 5.08. The van der Waals surface area contributed by atoms with Gasteiger partial charge in [-0.1, -0.05) is 0 Å². The molecule has 0 saturated heterocycles. The van der Waals surface area contributed by atoms with Crippen molar-refractivity contribution in [2.75, 3.05) is 0 Å². The molecule has 6 heteroatoms. The fourth-order valence-electron chi connectivity index (χ4n) is 1.13. The number of hydrogen-bond donors (Lipinski definition) is 0. The van der Waals surface area contributed by atoms with Crippen molar-refractivity contribution >= 4 is 73.8 Å². The predicted octanol–water partition coefficient (Wildman–Crippen LogP) is 3.72. The number of hydrogen-bond acceptors (Lipinski definition) is 0. The molecule has 0 saturated carbocycles. The molecule has 2 rings (SSSR count). The molecule has 0 N–H and O–H groups in total. The van der Waals surface area contributed by atoms with Crippen LogP contribution in [0.1, 0.15) is 0 Å². The Morgan fingerprint density at radius 2 is 0.778 bits per heavy atom. The normalized spacial score (nSPS) is 10.1. The maximum absolute atomic E-state index is 5.74. The quantitative estimate of drug-likeness (QED) is 0.624. The topological polar surface area (TPSA) is 0 Å². The van der Waals surface area contributed by atoms with Crippen molar-refractivity contribution in [2.24, 2.45) is 0 Å². The fraction of sp³-hybridized carbons (Fsp3) is 0. The summed E-state index contributed by atoms with van der Waals surface area (Å²) in [6, 6.07) is 19.6. The van der Waals surface area contributed by atoms with Crippen molar-refractivity contribution < 1.29 is 0 Å². The third-order valence-electron chi connectivity index (χ3n) is 1.98. The van der Waals surface area contributed by atoms with E-state index < -0.39 is 25.0 Å². The molecule has 2 aromatic carbocycles. The predicted molar refractivity (Wildman–Crippen MR) is 87.1 cm³/mol. The molecule has 0 heterocycles. The second kappa shape index (κ2) is 9.57. The van der Waals surface area contributed by atoms with Gasteiger partial charge in [0.15, 0.2) is 0 Å². The SMILES string of the molecule is [Cl][Ge]([Cl])[c]1ccccc1.[Cl][Ge]([Cl])[c]1ccccc1. The number of rotatable bonds is 2. The summed E-state index contributed by atoms with van der Waals surface area (Å²) in [6.07, 6.45) is 0. The first-order valence-corrected chi connectivity index (χ1v) is 18.2.